The molecule has 1 rings (SSSR count). The minimum atomic E-state index is -0.442. The molecule has 0 saturated heterocycles. The zero-order chi connectivity index (χ0) is 11.3. The molecule has 0 aliphatic heterocycles. The van der Waals surface area contributed by atoms with Gasteiger partial charge in [-0.15, -0.1) is 4.80 Å². The third kappa shape index (κ3) is 3.08. The number of carbonyl (C=O) groups excluding carboxylic acids is 1. The van der Waals surface area contributed by atoms with E-state index in [1.54, 1.807) is 18.0 Å². The first kappa shape index (κ1) is 11.2. The summed E-state index contributed by atoms with van der Waals surface area (Å²) in [6, 6.07) is 0. The summed E-state index contributed by atoms with van der Waals surface area (Å²) in [4.78, 5) is 14.5. The summed E-state index contributed by atoms with van der Waals surface area (Å²) in [7, 11) is 3.62. The quantitative estimate of drug-likeness (QED) is 0.525. The molecule has 1 aromatic heterocycles. The molecule has 0 N–H and O–H groups in total. The van der Waals surface area contributed by atoms with Gasteiger partial charge in [-0.1, -0.05) is 0 Å². The van der Waals surface area contributed by atoms with E-state index in [0.717, 1.165) is 0 Å². The maximum atomic E-state index is 11.6. The van der Waals surface area contributed by atoms with Crippen LogP contribution in [-0.4, -0.2) is 46.6 Å². The van der Waals surface area contributed by atoms with Crippen LogP contribution in [0.3, 0.4) is 0 Å². The molecule has 0 fully saturated rings. The van der Waals surface area contributed by atoms with Gasteiger partial charge in [0.05, 0.1) is 19.0 Å². The average Bonchev–Trinajstić information content (AvgIpc) is 2.66. The van der Waals surface area contributed by atoms with Gasteiger partial charge in [-0.05, 0) is 6.92 Å². The Bertz CT molecular complexity index is 343. The first-order valence-electron chi connectivity index (χ1n) is 4.57. The van der Waals surface area contributed by atoms with E-state index >= 15 is 0 Å². The van der Waals surface area contributed by atoms with Crippen LogP contribution >= 0.6 is 0 Å². The van der Waals surface area contributed by atoms with E-state index in [9.17, 15) is 4.79 Å². The Morgan fingerprint density at radius 3 is 2.53 bits per heavy atom. The molecule has 0 aliphatic carbocycles. The normalized spacial score (nSPS) is 11.3. The van der Waals surface area contributed by atoms with Crippen molar-refractivity contribution in [3.63, 3.8) is 0 Å². The molecule has 0 bridgehead atoms. The number of nitrogens with zero attached hydrogens (tertiary/aromatic N) is 4. The summed E-state index contributed by atoms with van der Waals surface area (Å²) >= 11 is 0. The molecule has 1 aromatic rings. The highest BCUT2D eigenvalue weighted by molar-refractivity contribution is 6.09. The zero-order valence-corrected chi connectivity index (χ0v) is 9.04. The number of rotatable bonds is 4. The van der Waals surface area contributed by atoms with Crippen LogP contribution in [-0.2, 0) is 9.53 Å². The SMILES string of the molecule is CCOC(=O)C(=CN(C)C)n1nccn1. The molecule has 0 aliphatic rings. The predicted molar refractivity (Wildman–Crippen MR) is 54.6 cm³/mol. The van der Waals surface area contributed by atoms with E-state index < -0.39 is 5.97 Å². The molecular weight excluding hydrogens is 196 g/mol. The largest absolute Gasteiger partial charge is 0.461 e. The number of ether oxygens (including phenoxy) is 1. The van der Waals surface area contributed by atoms with Gasteiger partial charge in [-0.2, -0.15) is 10.2 Å². The van der Waals surface area contributed by atoms with Crippen LogP contribution in [0.4, 0.5) is 0 Å². The van der Waals surface area contributed by atoms with Gasteiger partial charge in [0.25, 0.3) is 0 Å². The van der Waals surface area contributed by atoms with Crippen LogP contribution in [0.2, 0.25) is 0 Å². The lowest BCUT2D eigenvalue weighted by molar-refractivity contribution is -0.136. The Hall–Kier alpha value is -1.85. The number of aromatic nitrogens is 3. The molecule has 0 unspecified atom stereocenters. The number of hydrogen-bond donors (Lipinski definition) is 0. The van der Waals surface area contributed by atoms with Crippen LogP contribution in [0.15, 0.2) is 18.6 Å². The molecule has 6 nitrogen and oxygen atoms in total. The van der Waals surface area contributed by atoms with Gasteiger partial charge in [0.2, 0.25) is 0 Å². The average molecular weight is 210 g/mol. The monoisotopic (exact) mass is 210 g/mol. The first-order chi connectivity index (χ1) is 7.15. The third-order valence-electron chi connectivity index (χ3n) is 1.50. The van der Waals surface area contributed by atoms with E-state index in [4.69, 9.17) is 4.74 Å². The molecule has 1 heterocycles. The lowest BCUT2D eigenvalue weighted by Crippen LogP contribution is -2.17. The van der Waals surface area contributed by atoms with E-state index in [1.807, 2.05) is 14.1 Å². The Morgan fingerprint density at radius 1 is 1.47 bits per heavy atom. The van der Waals surface area contributed by atoms with Crippen molar-refractivity contribution < 1.29 is 9.53 Å². The number of hydrogen-bond acceptors (Lipinski definition) is 5. The van der Waals surface area contributed by atoms with Gasteiger partial charge in [0.1, 0.15) is 0 Å². The van der Waals surface area contributed by atoms with E-state index in [0.29, 0.717) is 6.61 Å². The zero-order valence-electron chi connectivity index (χ0n) is 9.04. The van der Waals surface area contributed by atoms with E-state index in [1.165, 1.54) is 17.2 Å². The van der Waals surface area contributed by atoms with Crippen molar-refractivity contribution in [2.45, 2.75) is 6.92 Å². The van der Waals surface area contributed by atoms with Gasteiger partial charge in [-0.3, -0.25) is 0 Å². The second-order valence-electron chi connectivity index (χ2n) is 3.02. The van der Waals surface area contributed by atoms with Gasteiger partial charge in [0.15, 0.2) is 5.70 Å². The van der Waals surface area contributed by atoms with Gasteiger partial charge in [-0.25, -0.2) is 4.79 Å². The Morgan fingerprint density at radius 2 is 2.07 bits per heavy atom. The predicted octanol–water partition coefficient (Wildman–Crippen LogP) is 0.201. The van der Waals surface area contributed by atoms with Crippen LogP contribution in [0.1, 0.15) is 6.92 Å². The molecule has 6 heteroatoms. The summed E-state index contributed by atoms with van der Waals surface area (Å²) in [5.41, 5.74) is 0.284. The maximum absolute atomic E-state index is 11.6. The fourth-order valence-corrected chi connectivity index (χ4v) is 0.976. The third-order valence-corrected chi connectivity index (χ3v) is 1.50. The number of carbonyl (C=O) groups is 1. The first-order valence-corrected chi connectivity index (χ1v) is 4.57. The van der Waals surface area contributed by atoms with E-state index in [-0.39, 0.29) is 5.70 Å². The summed E-state index contributed by atoms with van der Waals surface area (Å²) in [5.74, 6) is -0.442. The highest BCUT2D eigenvalue weighted by Crippen LogP contribution is 2.04. The molecule has 0 atom stereocenters. The van der Waals surface area contributed by atoms with Gasteiger partial charge < -0.3 is 9.64 Å². The second kappa shape index (κ2) is 5.14. The Kier molecular flexibility index (Phi) is 3.84. The molecule has 0 saturated carbocycles. The molecule has 0 aromatic carbocycles. The molecule has 0 spiro atoms. The van der Waals surface area contributed by atoms with Crippen molar-refractivity contribution in [2.75, 3.05) is 20.7 Å². The van der Waals surface area contributed by atoms with Crippen molar-refractivity contribution in [3.05, 3.63) is 18.6 Å². The molecule has 0 radical (unpaired) electrons. The standard InChI is InChI=1S/C9H14N4O2/c1-4-15-9(14)8(7-12(2)3)13-10-5-6-11-13/h5-7H,4H2,1-3H3. The fraction of sp³-hybridized carbons (Fsp3) is 0.444. The van der Waals surface area contributed by atoms with Crippen LogP contribution in [0.25, 0.3) is 5.70 Å². The van der Waals surface area contributed by atoms with Gasteiger partial charge in [0, 0.05) is 20.3 Å². The summed E-state index contributed by atoms with van der Waals surface area (Å²) in [6.07, 6.45) is 4.61. The van der Waals surface area contributed by atoms with Gasteiger partial charge >= 0.3 is 5.97 Å². The lowest BCUT2D eigenvalue weighted by Gasteiger charge is -2.09. The Balaban J connectivity index is 2.94. The van der Waals surface area contributed by atoms with Crippen molar-refractivity contribution in [3.8, 4) is 0 Å². The summed E-state index contributed by atoms with van der Waals surface area (Å²) < 4.78 is 4.89. The smallest absolute Gasteiger partial charge is 0.360 e. The summed E-state index contributed by atoms with van der Waals surface area (Å²) in [5, 5.41) is 7.77. The van der Waals surface area contributed by atoms with Crippen molar-refractivity contribution in [1.82, 2.24) is 19.9 Å². The maximum Gasteiger partial charge on any atom is 0.360 e. The number of esters is 1. The molecule has 0 amide bonds. The van der Waals surface area contributed by atoms with Crippen molar-refractivity contribution in [1.29, 1.82) is 0 Å². The van der Waals surface area contributed by atoms with E-state index in [2.05, 4.69) is 10.2 Å². The van der Waals surface area contributed by atoms with Crippen LogP contribution in [0.5, 0.6) is 0 Å². The van der Waals surface area contributed by atoms with Crippen LogP contribution < -0.4 is 0 Å². The molecule has 82 valence electrons. The highest BCUT2D eigenvalue weighted by Gasteiger charge is 2.14. The lowest BCUT2D eigenvalue weighted by atomic mass is 10.4. The Labute approximate surface area is 88.1 Å². The second-order valence-corrected chi connectivity index (χ2v) is 3.02. The minimum absolute atomic E-state index is 0.284. The minimum Gasteiger partial charge on any atom is -0.461 e. The summed E-state index contributed by atoms with van der Waals surface area (Å²) in [6.45, 7) is 2.08. The molecule has 15 heavy (non-hydrogen) atoms. The topological polar surface area (TPSA) is 60.2 Å². The fourth-order valence-electron chi connectivity index (χ4n) is 0.976. The highest BCUT2D eigenvalue weighted by atomic mass is 16.5. The van der Waals surface area contributed by atoms with Crippen molar-refractivity contribution in [2.24, 2.45) is 0 Å². The van der Waals surface area contributed by atoms with Crippen molar-refractivity contribution >= 4 is 11.7 Å². The molecular formula is C9H14N4O2. The van der Waals surface area contributed by atoms with Crippen LogP contribution in [0, 0.1) is 0 Å².